The highest BCUT2D eigenvalue weighted by atomic mass is 35.5. The number of tetrazole rings is 1. The highest BCUT2D eigenvalue weighted by molar-refractivity contribution is 6.31. The van der Waals surface area contributed by atoms with Crippen LogP contribution in [0.1, 0.15) is 17.3 Å². The number of anilines is 1. The van der Waals surface area contributed by atoms with Crippen molar-refractivity contribution in [2.45, 2.75) is 13.5 Å². The summed E-state index contributed by atoms with van der Waals surface area (Å²) in [5.74, 6) is -0.296. The number of aryl methyl sites for hydroxylation is 1. The third-order valence-electron chi connectivity index (χ3n) is 3.39. The van der Waals surface area contributed by atoms with Gasteiger partial charge in [-0.1, -0.05) is 23.7 Å². The van der Waals surface area contributed by atoms with E-state index in [1.54, 1.807) is 22.9 Å². The van der Waals surface area contributed by atoms with E-state index in [0.29, 0.717) is 23.6 Å². The largest absolute Gasteiger partial charge is 0.322 e. The average Bonchev–Trinajstić information content (AvgIpc) is 3.07. The summed E-state index contributed by atoms with van der Waals surface area (Å²) >= 11 is 5.72. The van der Waals surface area contributed by atoms with Crippen molar-refractivity contribution in [1.82, 2.24) is 20.2 Å². The lowest BCUT2D eigenvalue weighted by Gasteiger charge is -2.07. The Hall–Kier alpha value is -2.80. The van der Waals surface area contributed by atoms with Crippen LogP contribution in [-0.4, -0.2) is 26.1 Å². The molecule has 0 fully saturated rings. The van der Waals surface area contributed by atoms with Gasteiger partial charge in [0, 0.05) is 23.4 Å². The minimum atomic E-state index is -0.539. The lowest BCUT2D eigenvalue weighted by atomic mass is 10.1. The molecule has 6 nitrogen and oxygen atoms in total. The zero-order chi connectivity index (χ0) is 17.1. The first-order valence-corrected chi connectivity index (χ1v) is 7.59. The smallest absolute Gasteiger partial charge is 0.255 e. The van der Waals surface area contributed by atoms with Crippen molar-refractivity contribution < 1.29 is 9.18 Å². The molecular formula is C16H13ClFN5O. The number of rotatable bonds is 4. The normalized spacial score (nSPS) is 10.6. The predicted molar refractivity (Wildman–Crippen MR) is 88.3 cm³/mol. The first-order valence-electron chi connectivity index (χ1n) is 7.21. The molecule has 2 aromatic carbocycles. The number of nitrogens with one attached hydrogen (secondary N) is 1. The summed E-state index contributed by atoms with van der Waals surface area (Å²) < 4.78 is 14.8. The number of benzene rings is 2. The lowest BCUT2D eigenvalue weighted by molar-refractivity contribution is 0.102. The van der Waals surface area contributed by atoms with Gasteiger partial charge < -0.3 is 5.32 Å². The van der Waals surface area contributed by atoms with Crippen LogP contribution in [0.5, 0.6) is 0 Å². The summed E-state index contributed by atoms with van der Waals surface area (Å²) in [5.41, 5.74) is 1.57. The number of carbonyl (C=O) groups is 1. The first kappa shape index (κ1) is 16.1. The fourth-order valence-corrected chi connectivity index (χ4v) is 2.38. The Morgan fingerprint density at radius 3 is 2.88 bits per heavy atom. The molecule has 0 bridgehead atoms. The molecule has 1 amide bonds. The van der Waals surface area contributed by atoms with Crippen LogP contribution in [0.15, 0.2) is 42.5 Å². The number of hydrogen-bond acceptors (Lipinski definition) is 4. The van der Waals surface area contributed by atoms with Crippen LogP contribution < -0.4 is 5.32 Å². The van der Waals surface area contributed by atoms with E-state index in [2.05, 4.69) is 20.8 Å². The van der Waals surface area contributed by atoms with Crippen LogP contribution in [0, 0.1) is 5.82 Å². The number of hydrogen-bond donors (Lipinski definition) is 1. The fraction of sp³-hybridized carbons (Fsp3) is 0.125. The van der Waals surface area contributed by atoms with Gasteiger partial charge in [0.1, 0.15) is 5.82 Å². The monoisotopic (exact) mass is 345 g/mol. The van der Waals surface area contributed by atoms with E-state index in [1.807, 2.05) is 13.0 Å². The molecule has 1 aromatic heterocycles. The Balaban J connectivity index is 1.85. The van der Waals surface area contributed by atoms with Crippen molar-refractivity contribution in [1.29, 1.82) is 0 Å². The molecular weight excluding hydrogens is 333 g/mol. The predicted octanol–water partition coefficient (Wildman–Crippen LogP) is 3.40. The third-order valence-corrected chi connectivity index (χ3v) is 3.68. The zero-order valence-corrected chi connectivity index (χ0v) is 13.5. The summed E-state index contributed by atoms with van der Waals surface area (Å²) in [5, 5.41) is 14.1. The fourth-order valence-electron chi connectivity index (χ4n) is 2.20. The first-order chi connectivity index (χ1) is 11.6. The topological polar surface area (TPSA) is 72.7 Å². The molecule has 0 unspecified atom stereocenters. The molecule has 1 heterocycles. The molecule has 0 radical (unpaired) electrons. The second kappa shape index (κ2) is 6.76. The number of nitrogens with zero attached hydrogens (tertiary/aromatic N) is 4. The van der Waals surface area contributed by atoms with Crippen molar-refractivity contribution in [3.8, 4) is 11.4 Å². The van der Waals surface area contributed by atoms with Gasteiger partial charge in [-0.15, -0.1) is 5.10 Å². The molecule has 122 valence electrons. The van der Waals surface area contributed by atoms with E-state index in [4.69, 9.17) is 11.6 Å². The average molecular weight is 346 g/mol. The van der Waals surface area contributed by atoms with Gasteiger partial charge in [-0.25, -0.2) is 9.07 Å². The van der Waals surface area contributed by atoms with Crippen molar-refractivity contribution in [2.75, 3.05) is 5.32 Å². The van der Waals surface area contributed by atoms with Crippen molar-refractivity contribution in [3.63, 3.8) is 0 Å². The van der Waals surface area contributed by atoms with Gasteiger partial charge in [0.15, 0.2) is 5.82 Å². The van der Waals surface area contributed by atoms with Crippen molar-refractivity contribution in [3.05, 3.63) is 58.9 Å². The van der Waals surface area contributed by atoms with Crippen LogP contribution in [0.4, 0.5) is 10.1 Å². The Labute approximate surface area is 142 Å². The highest BCUT2D eigenvalue weighted by Crippen LogP contribution is 2.21. The van der Waals surface area contributed by atoms with Crippen LogP contribution in [0.3, 0.4) is 0 Å². The van der Waals surface area contributed by atoms with Crippen LogP contribution >= 0.6 is 11.6 Å². The Morgan fingerprint density at radius 1 is 1.29 bits per heavy atom. The summed E-state index contributed by atoms with van der Waals surface area (Å²) in [6, 6.07) is 10.9. The van der Waals surface area contributed by atoms with Gasteiger partial charge in [-0.2, -0.15) is 0 Å². The van der Waals surface area contributed by atoms with E-state index in [0.717, 1.165) is 5.56 Å². The summed E-state index contributed by atoms with van der Waals surface area (Å²) in [6.07, 6.45) is 0. The Morgan fingerprint density at radius 2 is 2.12 bits per heavy atom. The zero-order valence-electron chi connectivity index (χ0n) is 12.7. The minimum absolute atomic E-state index is 0.0522. The minimum Gasteiger partial charge on any atom is -0.322 e. The molecule has 0 spiro atoms. The molecule has 8 heteroatoms. The lowest BCUT2D eigenvalue weighted by Crippen LogP contribution is -2.12. The summed E-state index contributed by atoms with van der Waals surface area (Å²) in [7, 11) is 0. The van der Waals surface area contributed by atoms with Crippen molar-refractivity contribution >= 4 is 23.2 Å². The van der Waals surface area contributed by atoms with Gasteiger partial charge in [0.25, 0.3) is 5.91 Å². The maximum atomic E-state index is 13.2. The molecule has 0 saturated carbocycles. The van der Waals surface area contributed by atoms with E-state index in [9.17, 15) is 9.18 Å². The van der Waals surface area contributed by atoms with Crippen LogP contribution in [0.25, 0.3) is 11.4 Å². The standard InChI is InChI=1S/C16H13ClFN5O/c1-2-23-15(20-21-22-23)10-4-3-5-11(8-10)16(24)19-12-6-7-14(18)13(17)9-12/h3-9H,2H2,1H3,(H,19,24). The molecule has 24 heavy (non-hydrogen) atoms. The molecule has 0 atom stereocenters. The third kappa shape index (κ3) is 3.26. The maximum Gasteiger partial charge on any atom is 0.255 e. The SMILES string of the molecule is CCn1nnnc1-c1cccc(C(=O)Nc2ccc(F)c(Cl)c2)c1. The Kier molecular flexibility index (Phi) is 4.52. The molecule has 0 aliphatic carbocycles. The maximum absolute atomic E-state index is 13.2. The quantitative estimate of drug-likeness (QED) is 0.786. The van der Waals surface area contributed by atoms with Gasteiger partial charge in [-0.05, 0) is 47.7 Å². The molecule has 3 rings (SSSR count). The van der Waals surface area contributed by atoms with E-state index < -0.39 is 5.82 Å². The van der Waals surface area contributed by atoms with Gasteiger partial charge in [-0.3, -0.25) is 4.79 Å². The summed E-state index contributed by atoms with van der Waals surface area (Å²) in [6.45, 7) is 2.54. The second-order valence-electron chi connectivity index (χ2n) is 4.98. The second-order valence-corrected chi connectivity index (χ2v) is 5.39. The number of aromatic nitrogens is 4. The number of halogens is 2. The summed E-state index contributed by atoms with van der Waals surface area (Å²) in [4.78, 5) is 12.4. The van der Waals surface area contributed by atoms with Gasteiger partial charge >= 0.3 is 0 Å². The van der Waals surface area contributed by atoms with Gasteiger partial charge in [0.05, 0.1) is 5.02 Å². The van der Waals surface area contributed by atoms with E-state index >= 15 is 0 Å². The van der Waals surface area contributed by atoms with Gasteiger partial charge in [0.2, 0.25) is 0 Å². The molecule has 0 aliphatic rings. The van der Waals surface area contributed by atoms with Crippen molar-refractivity contribution in [2.24, 2.45) is 0 Å². The molecule has 0 saturated heterocycles. The van der Waals surface area contributed by atoms with E-state index in [-0.39, 0.29) is 10.9 Å². The highest BCUT2D eigenvalue weighted by Gasteiger charge is 2.12. The number of amides is 1. The van der Waals surface area contributed by atoms with Crippen LogP contribution in [0.2, 0.25) is 5.02 Å². The molecule has 0 aliphatic heterocycles. The number of carbonyl (C=O) groups excluding carboxylic acids is 1. The molecule has 3 aromatic rings. The van der Waals surface area contributed by atoms with E-state index in [1.165, 1.54) is 18.2 Å². The molecule has 1 N–H and O–H groups in total. The Bertz CT molecular complexity index is 896. The van der Waals surface area contributed by atoms with Crippen LogP contribution in [-0.2, 0) is 6.54 Å².